The highest BCUT2D eigenvalue weighted by molar-refractivity contribution is 4.94. The Kier molecular flexibility index (Phi) is 4.81. The van der Waals surface area contributed by atoms with Crippen LogP contribution in [-0.4, -0.2) is 24.7 Å². The van der Waals surface area contributed by atoms with E-state index in [9.17, 15) is 0 Å². The fraction of sp³-hybridized carbons (Fsp3) is 1.00. The summed E-state index contributed by atoms with van der Waals surface area (Å²) in [6, 6.07) is 2.35. The van der Waals surface area contributed by atoms with Crippen molar-refractivity contribution in [2.45, 2.75) is 89.3 Å². The van der Waals surface area contributed by atoms with E-state index in [1.165, 1.54) is 70.8 Å². The van der Waals surface area contributed by atoms with Gasteiger partial charge in [0, 0.05) is 18.1 Å². The maximum Gasteiger partial charge on any atom is 0.0113 e. The first-order valence-corrected chi connectivity index (χ1v) is 8.84. The van der Waals surface area contributed by atoms with E-state index in [1.54, 1.807) is 0 Å². The van der Waals surface area contributed by atoms with Crippen LogP contribution in [-0.2, 0) is 0 Å². The zero-order valence-corrected chi connectivity index (χ0v) is 12.7. The number of rotatable bonds is 4. The zero-order chi connectivity index (χ0) is 13.1. The highest BCUT2D eigenvalue weighted by atomic mass is 15.0. The van der Waals surface area contributed by atoms with E-state index in [0.717, 1.165) is 30.0 Å². The highest BCUT2D eigenvalue weighted by Gasteiger charge is 2.35. The van der Waals surface area contributed by atoms with Gasteiger partial charge in [-0.25, -0.2) is 0 Å². The van der Waals surface area contributed by atoms with Crippen molar-refractivity contribution in [2.75, 3.05) is 6.54 Å². The molecule has 2 saturated carbocycles. The highest BCUT2D eigenvalue weighted by Crippen LogP contribution is 2.34. The van der Waals surface area contributed by atoms with E-state index in [4.69, 9.17) is 0 Å². The van der Waals surface area contributed by atoms with E-state index in [1.807, 2.05) is 0 Å². The molecule has 0 amide bonds. The maximum atomic E-state index is 4.03. The van der Waals surface area contributed by atoms with Crippen LogP contribution in [0.15, 0.2) is 0 Å². The van der Waals surface area contributed by atoms with Gasteiger partial charge < -0.3 is 10.6 Å². The molecule has 2 aliphatic carbocycles. The summed E-state index contributed by atoms with van der Waals surface area (Å²) in [5, 5.41) is 7.82. The van der Waals surface area contributed by atoms with Gasteiger partial charge in [0.2, 0.25) is 0 Å². The van der Waals surface area contributed by atoms with Gasteiger partial charge in [0.1, 0.15) is 0 Å². The summed E-state index contributed by atoms with van der Waals surface area (Å²) >= 11 is 0. The summed E-state index contributed by atoms with van der Waals surface area (Å²) in [6.45, 7) is 3.70. The summed E-state index contributed by atoms with van der Waals surface area (Å²) in [4.78, 5) is 0. The molecule has 3 rings (SSSR count). The molecule has 0 spiro atoms. The van der Waals surface area contributed by atoms with E-state index in [-0.39, 0.29) is 0 Å². The van der Waals surface area contributed by atoms with Crippen LogP contribution in [0.1, 0.15) is 71.1 Å². The van der Waals surface area contributed by atoms with Crippen molar-refractivity contribution in [1.29, 1.82) is 0 Å². The maximum absolute atomic E-state index is 4.03. The van der Waals surface area contributed by atoms with E-state index >= 15 is 0 Å². The largest absolute Gasteiger partial charge is 0.314 e. The van der Waals surface area contributed by atoms with Crippen molar-refractivity contribution in [3.63, 3.8) is 0 Å². The third-order valence-corrected chi connectivity index (χ3v) is 6.02. The molecule has 110 valence electrons. The predicted molar refractivity (Wildman–Crippen MR) is 81.3 cm³/mol. The Hall–Kier alpha value is -0.0800. The van der Waals surface area contributed by atoms with Gasteiger partial charge in [0.25, 0.3) is 0 Å². The molecule has 2 nitrogen and oxygen atoms in total. The molecular formula is C17H32N2. The second-order valence-corrected chi connectivity index (χ2v) is 7.26. The molecule has 1 aliphatic heterocycles. The van der Waals surface area contributed by atoms with Crippen LogP contribution in [0.5, 0.6) is 0 Å². The van der Waals surface area contributed by atoms with Crippen molar-refractivity contribution in [1.82, 2.24) is 10.6 Å². The van der Waals surface area contributed by atoms with Crippen molar-refractivity contribution in [2.24, 2.45) is 11.8 Å². The Morgan fingerprint density at radius 1 is 0.895 bits per heavy atom. The molecule has 0 radical (unpaired) electrons. The summed E-state index contributed by atoms with van der Waals surface area (Å²) in [5.74, 6) is 1.87. The Balaban J connectivity index is 1.53. The molecule has 1 heterocycles. The quantitative estimate of drug-likeness (QED) is 0.812. The molecule has 2 N–H and O–H groups in total. The van der Waals surface area contributed by atoms with Gasteiger partial charge in [-0.05, 0) is 63.8 Å². The molecule has 0 bridgehead atoms. The minimum atomic E-state index is 0.747. The lowest BCUT2D eigenvalue weighted by atomic mass is 9.87. The van der Waals surface area contributed by atoms with Crippen molar-refractivity contribution in [3.05, 3.63) is 0 Å². The van der Waals surface area contributed by atoms with Crippen LogP contribution in [0.4, 0.5) is 0 Å². The first-order chi connectivity index (χ1) is 9.34. The van der Waals surface area contributed by atoms with Gasteiger partial charge in [0.05, 0.1) is 0 Å². The molecule has 0 aromatic carbocycles. The van der Waals surface area contributed by atoms with Crippen molar-refractivity contribution >= 4 is 0 Å². The van der Waals surface area contributed by atoms with Gasteiger partial charge in [-0.15, -0.1) is 0 Å². The Bertz CT molecular complexity index is 266. The smallest absolute Gasteiger partial charge is 0.0113 e. The molecule has 3 aliphatic rings. The van der Waals surface area contributed by atoms with E-state index in [0.29, 0.717) is 0 Å². The van der Waals surface area contributed by atoms with Crippen LogP contribution in [0.2, 0.25) is 0 Å². The van der Waals surface area contributed by atoms with Crippen molar-refractivity contribution < 1.29 is 0 Å². The van der Waals surface area contributed by atoms with Crippen LogP contribution in [0.3, 0.4) is 0 Å². The molecule has 0 aromatic heterocycles. The summed E-state index contributed by atoms with van der Waals surface area (Å²) in [5.41, 5.74) is 0. The standard InChI is InChI=1S/C17H32N2/c1-13(14-7-2-3-8-14)19-17-11-6-9-15(17)16-10-4-5-12-18-16/h13-19H,2-12H2,1H3/t13-,15?,16?,17?/m1/s1. The fourth-order valence-electron chi connectivity index (χ4n) is 4.85. The minimum absolute atomic E-state index is 0.747. The lowest BCUT2D eigenvalue weighted by molar-refractivity contribution is 0.232. The van der Waals surface area contributed by atoms with Gasteiger partial charge in [-0.1, -0.05) is 25.7 Å². The lowest BCUT2D eigenvalue weighted by Gasteiger charge is -2.35. The monoisotopic (exact) mass is 264 g/mol. The average molecular weight is 264 g/mol. The molecule has 0 aromatic rings. The molecule has 4 atom stereocenters. The van der Waals surface area contributed by atoms with Crippen LogP contribution in [0, 0.1) is 11.8 Å². The minimum Gasteiger partial charge on any atom is -0.314 e. The Morgan fingerprint density at radius 3 is 2.42 bits per heavy atom. The normalized spacial score (nSPS) is 38.7. The first kappa shape index (κ1) is 13.9. The molecular weight excluding hydrogens is 232 g/mol. The van der Waals surface area contributed by atoms with Crippen LogP contribution >= 0.6 is 0 Å². The van der Waals surface area contributed by atoms with Crippen LogP contribution < -0.4 is 10.6 Å². The van der Waals surface area contributed by atoms with Crippen LogP contribution in [0.25, 0.3) is 0 Å². The van der Waals surface area contributed by atoms with E-state index in [2.05, 4.69) is 17.6 Å². The second-order valence-electron chi connectivity index (χ2n) is 7.26. The third kappa shape index (κ3) is 3.33. The van der Waals surface area contributed by atoms with Gasteiger partial charge in [-0.2, -0.15) is 0 Å². The van der Waals surface area contributed by atoms with E-state index < -0.39 is 0 Å². The average Bonchev–Trinajstić information content (AvgIpc) is 3.11. The zero-order valence-electron chi connectivity index (χ0n) is 12.7. The second kappa shape index (κ2) is 6.58. The number of hydrogen-bond donors (Lipinski definition) is 2. The number of piperidine rings is 1. The first-order valence-electron chi connectivity index (χ1n) is 8.84. The molecule has 3 fully saturated rings. The number of nitrogens with one attached hydrogen (secondary N) is 2. The van der Waals surface area contributed by atoms with Crippen molar-refractivity contribution in [3.8, 4) is 0 Å². The molecule has 2 heteroatoms. The summed E-state index contributed by atoms with van der Waals surface area (Å²) in [6.07, 6.45) is 14.4. The molecule has 1 saturated heterocycles. The Morgan fingerprint density at radius 2 is 1.68 bits per heavy atom. The van der Waals surface area contributed by atoms with Gasteiger partial charge >= 0.3 is 0 Å². The molecule has 3 unspecified atom stereocenters. The summed E-state index contributed by atoms with van der Waals surface area (Å²) < 4.78 is 0. The van der Waals surface area contributed by atoms with Gasteiger partial charge in [-0.3, -0.25) is 0 Å². The Labute approximate surface area is 119 Å². The molecule has 19 heavy (non-hydrogen) atoms. The fourth-order valence-corrected chi connectivity index (χ4v) is 4.85. The topological polar surface area (TPSA) is 24.1 Å². The predicted octanol–water partition coefficient (Wildman–Crippen LogP) is 3.47. The van der Waals surface area contributed by atoms with Gasteiger partial charge in [0.15, 0.2) is 0 Å². The summed E-state index contributed by atoms with van der Waals surface area (Å²) in [7, 11) is 0. The third-order valence-electron chi connectivity index (χ3n) is 6.02. The number of hydrogen-bond acceptors (Lipinski definition) is 2. The lowest BCUT2D eigenvalue weighted by Crippen LogP contribution is -2.49. The SMILES string of the molecule is C[C@@H](NC1CCCC1C1CCCCN1)C1CCCC1.